The number of aromatic nitrogens is 1. The maximum atomic E-state index is 10.5. The Bertz CT molecular complexity index is 552. The first-order valence-corrected chi connectivity index (χ1v) is 4.32. The van der Waals surface area contributed by atoms with Crippen molar-refractivity contribution in [3.8, 4) is 5.75 Å². The molecule has 5 nitrogen and oxygen atoms in total. The normalized spacial score (nSPS) is 10.5. The van der Waals surface area contributed by atoms with Gasteiger partial charge in [-0.2, -0.15) is 0 Å². The van der Waals surface area contributed by atoms with E-state index in [0.717, 1.165) is 11.8 Å². The number of phenols is 1. The molecule has 76 valence electrons. The summed E-state index contributed by atoms with van der Waals surface area (Å²) in [6, 6.07) is 5.94. The molecule has 1 aromatic carbocycles. The summed E-state index contributed by atoms with van der Waals surface area (Å²) in [6.45, 7) is 1.79. The Morgan fingerprint density at radius 3 is 2.80 bits per heavy atom. The van der Waals surface area contributed by atoms with Crippen LogP contribution in [0.15, 0.2) is 24.3 Å². The Hall–Kier alpha value is -2.17. The third-order valence-electron chi connectivity index (χ3n) is 2.11. The van der Waals surface area contributed by atoms with Crippen molar-refractivity contribution in [1.29, 1.82) is 0 Å². The molecule has 15 heavy (non-hydrogen) atoms. The number of nitrogens with zero attached hydrogens (tertiary/aromatic N) is 2. The monoisotopic (exact) mass is 204 g/mol. The molecule has 0 amide bonds. The molecule has 1 heterocycles. The van der Waals surface area contributed by atoms with Gasteiger partial charge in [-0.05, 0) is 13.0 Å². The number of rotatable bonds is 1. The highest BCUT2D eigenvalue weighted by Crippen LogP contribution is 2.28. The quantitative estimate of drug-likeness (QED) is 0.570. The van der Waals surface area contributed by atoms with Crippen LogP contribution in [0.25, 0.3) is 10.9 Å². The Kier molecular flexibility index (Phi) is 2.00. The van der Waals surface area contributed by atoms with E-state index in [-0.39, 0.29) is 11.4 Å². The molecule has 0 saturated heterocycles. The van der Waals surface area contributed by atoms with E-state index in [9.17, 15) is 15.2 Å². The minimum Gasteiger partial charge on any atom is -0.505 e. The molecule has 0 bridgehead atoms. The second kappa shape index (κ2) is 3.20. The van der Waals surface area contributed by atoms with E-state index in [2.05, 4.69) is 4.98 Å². The van der Waals surface area contributed by atoms with E-state index in [1.165, 1.54) is 6.07 Å². The molecule has 0 aliphatic rings. The lowest BCUT2D eigenvalue weighted by molar-refractivity contribution is -0.384. The average Bonchev–Trinajstić information content (AvgIpc) is 2.18. The fraction of sp³-hybridized carbons (Fsp3) is 0.100. The van der Waals surface area contributed by atoms with E-state index in [4.69, 9.17) is 0 Å². The Morgan fingerprint density at radius 1 is 1.40 bits per heavy atom. The molecule has 0 radical (unpaired) electrons. The lowest BCUT2D eigenvalue weighted by atomic mass is 10.1. The molecule has 0 atom stereocenters. The number of fused-ring (bicyclic) bond motifs is 1. The minimum atomic E-state index is -0.543. The summed E-state index contributed by atoms with van der Waals surface area (Å²) in [7, 11) is 0. The van der Waals surface area contributed by atoms with Crippen molar-refractivity contribution >= 4 is 16.6 Å². The Labute approximate surface area is 85.1 Å². The maximum absolute atomic E-state index is 10.5. The molecule has 5 heteroatoms. The second-order valence-electron chi connectivity index (χ2n) is 3.25. The molecular weight excluding hydrogens is 196 g/mol. The van der Waals surface area contributed by atoms with Crippen molar-refractivity contribution in [3.63, 3.8) is 0 Å². The van der Waals surface area contributed by atoms with Gasteiger partial charge in [0, 0.05) is 17.1 Å². The highest BCUT2D eigenvalue weighted by atomic mass is 16.6. The number of hydrogen-bond acceptors (Lipinski definition) is 4. The second-order valence-corrected chi connectivity index (χ2v) is 3.25. The van der Waals surface area contributed by atoms with Crippen LogP contribution in [-0.4, -0.2) is 15.0 Å². The van der Waals surface area contributed by atoms with Crippen LogP contribution in [0, 0.1) is 17.0 Å². The van der Waals surface area contributed by atoms with Crippen molar-refractivity contribution in [1.82, 2.24) is 4.98 Å². The zero-order chi connectivity index (χ0) is 11.0. The minimum absolute atomic E-state index is 0.134. The predicted molar refractivity (Wildman–Crippen MR) is 54.8 cm³/mol. The van der Waals surface area contributed by atoms with Gasteiger partial charge in [0.15, 0.2) is 0 Å². The largest absolute Gasteiger partial charge is 0.505 e. The van der Waals surface area contributed by atoms with Crippen molar-refractivity contribution in [2.24, 2.45) is 0 Å². The summed E-state index contributed by atoms with van der Waals surface area (Å²) >= 11 is 0. The zero-order valence-electron chi connectivity index (χ0n) is 7.97. The van der Waals surface area contributed by atoms with Gasteiger partial charge in [-0.15, -0.1) is 0 Å². The van der Waals surface area contributed by atoms with Crippen molar-refractivity contribution < 1.29 is 10.0 Å². The highest BCUT2D eigenvalue weighted by molar-refractivity contribution is 5.86. The van der Waals surface area contributed by atoms with E-state index in [1.807, 2.05) is 0 Å². The van der Waals surface area contributed by atoms with E-state index in [0.29, 0.717) is 10.9 Å². The van der Waals surface area contributed by atoms with E-state index in [1.54, 1.807) is 19.1 Å². The molecule has 0 fully saturated rings. The molecule has 2 aromatic rings. The Balaban J connectivity index is 2.78. The summed E-state index contributed by atoms with van der Waals surface area (Å²) < 4.78 is 0. The van der Waals surface area contributed by atoms with Gasteiger partial charge in [0.05, 0.1) is 11.0 Å². The highest BCUT2D eigenvalue weighted by Gasteiger charge is 2.11. The zero-order valence-corrected chi connectivity index (χ0v) is 7.97. The van der Waals surface area contributed by atoms with Gasteiger partial charge < -0.3 is 5.11 Å². The molecular formula is C10H8N2O3. The molecule has 0 spiro atoms. The van der Waals surface area contributed by atoms with Gasteiger partial charge in [-0.1, -0.05) is 6.07 Å². The van der Waals surface area contributed by atoms with Gasteiger partial charge >= 0.3 is 0 Å². The van der Waals surface area contributed by atoms with Crippen molar-refractivity contribution in [3.05, 3.63) is 40.1 Å². The SMILES string of the molecule is Cc1ccc2cc([N+](=O)[O-])cc(O)c2n1. The topological polar surface area (TPSA) is 76.3 Å². The van der Waals surface area contributed by atoms with Crippen LogP contribution in [0.4, 0.5) is 5.69 Å². The van der Waals surface area contributed by atoms with Crippen LogP contribution in [0.1, 0.15) is 5.69 Å². The fourth-order valence-electron chi connectivity index (χ4n) is 1.40. The van der Waals surface area contributed by atoms with E-state index >= 15 is 0 Å². The number of pyridine rings is 1. The van der Waals surface area contributed by atoms with Crippen LogP contribution < -0.4 is 0 Å². The standard InChI is InChI=1S/C10H8N2O3/c1-6-2-3-7-4-8(12(14)15)5-9(13)10(7)11-6/h2-5,13H,1H3. The summed E-state index contributed by atoms with van der Waals surface area (Å²) in [5, 5.41) is 20.7. The summed E-state index contributed by atoms with van der Waals surface area (Å²) in [6.07, 6.45) is 0. The van der Waals surface area contributed by atoms with Crippen LogP contribution >= 0.6 is 0 Å². The number of phenolic OH excluding ortho intramolecular Hbond substituents is 1. The number of nitro groups is 1. The third kappa shape index (κ3) is 1.59. The first-order chi connectivity index (χ1) is 7.08. The average molecular weight is 204 g/mol. The molecule has 0 unspecified atom stereocenters. The number of aryl methyl sites for hydroxylation is 1. The summed E-state index contributed by atoms with van der Waals surface area (Å²) in [5.74, 6) is -0.164. The first-order valence-electron chi connectivity index (χ1n) is 4.32. The van der Waals surface area contributed by atoms with Gasteiger partial charge in [0.2, 0.25) is 0 Å². The van der Waals surface area contributed by atoms with Gasteiger partial charge in [0.1, 0.15) is 11.3 Å². The van der Waals surface area contributed by atoms with E-state index < -0.39 is 4.92 Å². The summed E-state index contributed by atoms with van der Waals surface area (Å²) in [4.78, 5) is 14.1. The number of aromatic hydroxyl groups is 1. The lowest BCUT2D eigenvalue weighted by Gasteiger charge is -2.01. The van der Waals surface area contributed by atoms with Gasteiger partial charge in [0.25, 0.3) is 5.69 Å². The van der Waals surface area contributed by atoms with Gasteiger partial charge in [-0.3, -0.25) is 10.1 Å². The number of benzene rings is 1. The number of hydrogen-bond donors (Lipinski definition) is 1. The molecule has 0 aliphatic heterocycles. The van der Waals surface area contributed by atoms with Crippen LogP contribution in [0.3, 0.4) is 0 Å². The van der Waals surface area contributed by atoms with Crippen LogP contribution in [0.2, 0.25) is 0 Å². The van der Waals surface area contributed by atoms with Gasteiger partial charge in [-0.25, -0.2) is 4.98 Å². The van der Waals surface area contributed by atoms with Crippen molar-refractivity contribution in [2.45, 2.75) is 6.92 Å². The summed E-state index contributed by atoms with van der Waals surface area (Å²) in [5.41, 5.74) is 1.01. The third-order valence-corrected chi connectivity index (χ3v) is 2.11. The lowest BCUT2D eigenvalue weighted by Crippen LogP contribution is -1.90. The molecule has 0 aliphatic carbocycles. The molecule has 1 N–H and O–H groups in total. The molecule has 1 aromatic heterocycles. The fourth-order valence-corrected chi connectivity index (χ4v) is 1.40. The van der Waals surface area contributed by atoms with Crippen LogP contribution in [0.5, 0.6) is 5.75 Å². The molecule has 0 saturated carbocycles. The first kappa shape index (κ1) is 9.39. The van der Waals surface area contributed by atoms with Crippen molar-refractivity contribution in [2.75, 3.05) is 0 Å². The maximum Gasteiger partial charge on any atom is 0.273 e. The Morgan fingerprint density at radius 2 is 2.13 bits per heavy atom. The molecule has 2 rings (SSSR count). The predicted octanol–water partition coefficient (Wildman–Crippen LogP) is 2.16. The number of non-ortho nitro benzene ring substituents is 1. The smallest absolute Gasteiger partial charge is 0.273 e. The number of nitro benzene ring substituents is 1. The van der Waals surface area contributed by atoms with Crippen LogP contribution in [-0.2, 0) is 0 Å².